The minimum Gasteiger partial charge on any atom is -0.395 e. The third-order valence-electron chi connectivity index (χ3n) is 7.18. The number of carbonyl (C=O) groups is 1. The lowest BCUT2D eigenvalue weighted by atomic mass is 9.83. The molecule has 13 N–H and O–H groups in total. The van der Waals surface area contributed by atoms with Crippen LogP contribution in [-0.2, 0) is 23.7 Å². The molecule has 0 spiro atoms. The van der Waals surface area contributed by atoms with Gasteiger partial charge in [0.25, 0.3) is 0 Å². The predicted octanol–water partition coefficient (Wildman–Crippen LogP) is -5.07. The molecule has 1 aliphatic carbocycles. The molecule has 0 aromatic carbocycles. The Kier molecular flexibility index (Phi) is 12.5. The zero-order chi connectivity index (χ0) is 27.8. The second kappa shape index (κ2) is 15.1. The highest BCUT2D eigenvalue weighted by Gasteiger charge is 2.50. The molecule has 1 amide bonds. The second-order valence-electron chi connectivity index (χ2n) is 10.2. The average Bonchev–Trinajstić information content (AvgIpc) is 3.25. The topological polar surface area (TPSA) is 257 Å². The molecular formula is C23H45N5O10. The molecule has 0 bridgehead atoms. The zero-order valence-electron chi connectivity index (χ0n) is 21.5. The maximum Gasteiger partial charge on any atom is 0.249 e. The first kappa shape index (κ1) is 31.5. The molecule has 38 heavy (non-hydrogen) atoms. The Balaban J connectivity index is 1.75. The number of hydrogen-bond acceptors (Lipinski definition) is 14. The zero-order valence-corrected chi connectivity index (χ0v) is 21.5. The number of nitrogens with one attached hydrogen (secondary N) is 2. The monoisotopic (exact) mass is 551 g/mol. The lowest BCUT2D eigenvalue weighted by Crippen LogP contribution is -2.67. The van der Waals surface area contributed by atoms with Gasteiger partial charge in [0.05, 0.1) is 37.5 Å². The number of aliphatic hydroxyl groups is 5. The third kappa shape index (κ3) is 8.23. The van der Waals surface area contributed by atoms with E-state index in [9.17, 15) is 25.2 Å². The Labute approximate surface area is 221 Å². The Morgan fingerprint density at radius 3 is 2.37 bits per heavy atom. The summed E-state index contributed by atoms with van der Waals surface area (Å²) in [6.07, 6.45) is -7.32. The van der Waals surface area contributed by atoms with E-state index in [0.29, 0.717) is 25.9 Å². The van der Waals surface area contributed by atoms with Crippen LogP contribution in [0, 0.1) is 0 Å². The van der Waals surface area contributed by atoms with Crippen molar-refractivity contribution in [2.45, 2.75) is 106 Å². The smallest absolute Gasteiger partial charge is 0.249 e. The fraction of sp³-hybridized carbons (Fsp3) is 0.957. The summed E-state index contributed by atoms with van der Waals surface area (Å²) >= 11 is 0. The number of ether oxygens (including phenoxy) is 4. The molecule has 15 nitrogen and oxygen atoms in total. The van der Waals surface area contributed by atoms with E-state index in [0.717, 1.165) is 0 Å². The van der Waals surface area contributed by atoms with Gasteiger partial charge in [0, 0.05) is 25.6 Å². The number of aliphatic hydroxyl groups excluding tert-OH is 5. The van der Waals surface area contributed by atoms with E-state index in [1.807, 2.05) is 0 Å². The van der Waals surface area contributed by atoms with Gasteiger partial charge in [0.1, 0.15) is 30.5 Å². The van der Waals surface area contributed by atoms with Crippen molar-refractivity contribution < 1.29 is 49.3 Å². The van der Waals surface area contributed by atoms with Crippen LogP contribution in [0.4, 0.5) is 0 Å². The maximum absolute atomic E-state index is 12.4. The molecule has 2 heterocycles. The van der Waals surface area contributed by atoms with Crippen molar-refractivity contribution >= 4 is 5.91 Å². The maximum atomic E-state index is 12.4. The van der Waals surface area contributed by atoms with Gasteiger partial charge < -0.3 is 72.3 Å². The van der Waals surface area contributed by atoms with Crippen molar-refractivity contribution in [3.8, 4) is 0 Å². The second-order valence-corrected chi connectivity index (χ2v) is 10.2. The lowest BCUT2D eigenvalue weighted by molar-refractivity contribution is -0.288. The fourth-order valence-corrected chi connectivity index (χ4v) is 5.05. The van der Waals surface area contributed by atoms with E-state index in [1.54, 1.807) is 0 Å². The van der Waals surface area contributed by atoms with Crippen LogP contribution in [0.3, 0.4) is 0 Å². The number of nitrogens with two attached hydrogens (primary N) is 3. The van der Waals surface area contributed by atoms with Crippen LogP contribution in [0.5, 0.6) is 0 Å². The molecule has 222 valence electrons. The highest BCUT2D eigenvalue weighted by atomic mass is 16.7. The van der Waals surface area contributed by atoms with Crippen molar-refractivity contribution in [3.05, 3.63) is 0 Å². The minimum atomic E-state index is -1.36. The van der Waals surface area contributed by atoms with Gasteiger partial charge in [-0.1, -0.05) is 0 Å². The predicted molar refractivity (Wildman–Crippen MR) is 132 cm³/mol. The molecule has 1 saturated carbocycles. The van der Waals surface area contributed by atoms with Crippen molar-refractivity contribution in [1.29, 1.82) is 0 Å². The number of amides is 1. The molecule has 0 aromatic rings. The Morgan fingerprint density at radius 2 is 1.71 bits per heavy atom. The summed E-state index contributed by atoms with van der Waals surface area (Å²) < 4.78 is 23.8. The highest BCUT2D eigenvalue weighted by molar-refractivity contribution is 5.80. The van der Waals surface area contributed by atoms with E-state index >= 15 is 0 Å². The molecule has 0 aromatic heterocycles. The van der Waals surface area contributed by atoms with Gasteiger partial charge in [-0.15, -0.1) is 0 Å². The van der Waals surface area contributed by atoms with Crippen LogP contribution in [-0.4, -0.2) is 138 Å². The van der Waals surface area contributed by atoms with Crippen molar-refractivity contribution in [1.82, 2.24) is 10.6 Å². The van der Waals surface area contributed by atoms with Gasteiger partial charge >= 0.3 is 0 Å². The number of rotatable bonds is 13. The summed E-state index contributed by atoms with van der Waals surface area (Å²) in [5.41, 5.74) is 18.2. The van der Waals surface area contributed by atoms with E-state index in [2.05, 4.69) is 10.6 Å². The summed E-state index contributed by atoms with van der Waals surface area (Å²) in [6.45, 7) is 0.671. The molecule has 0 unspecified atom stereocenters. The third-order valence-corrected chi connectivity index (χ3v) is 7.18. The Hall–Kier alpha value is -1.05. The van der Waals surface area contributed by atoms with E-state index in [1.165, 1.54) is 0 Å². The quantitative estimate of drug-likeness (QED) is 0.0961. The molecule has 2 saturated heterocycles. The van der Waals surface area contributed by atoms with Crippen LogP contribution in [0.2, 0.25) is 0 Å². The molecule has 3 fully saturated rings. The van der Waals surface area contributed by atoms with E-state index in [4.69, 9.17) is 41.3 Å². The molecule has 15 heteroatoms. The molecular weight excluding hydrogens is 506 g/mol. The van der Waals surface area contributed by atoms with Crippen molar-refractivity contribution in [2.75, 3.05) is 32.8 Å². The average molecular weight is 552 g/mol. The van der Waals surface area contributed by atoms with Crippen molar-refractivity contribution in [2.24, 2.45) is 17.2 Å². The summed E-state index contributed by atoms with van der Waals surface area (Å²) in [5, 5.41) is 55.8. The first-order valence-electron chi connectivity index (χ1n) is 13.3. The van der Waals surface area contributed by atoms with E-state index in [-0.39, 0.29) is 45.1 Å². The van der Waals surface area contributed by atoms with Crippen LogP contribution in [0.25, 0.3) is 0 Å². The van der Waals surface area contributed by atoms with E-state index < -0.39 is 73.2 Å². The number of carbonyl (C=O) groups excluding carboxylic acids is 1. The van der Waals surface area contributed by atoms with Crippen LogP contribution in [0.15, 0.2) is 0 Å². The Bertz CT molecular complexity index is 726. The largest absolute Gasteiger partial charge is 0.395 e. The first-order chi connectivity index (χ1) is 18.2. The van der Waals surface area contributed by atoms with Gasteiger partial charge in [-0.3, -0.25) is 4.79 Å². The Morgan fingerprint density at radius 1 is 1.00 bits per heavy atom. The number of hydrogen-bond donors (Lipinski definition) is 10. The summed E-state index contributed by atoms with van der Waals surface area (Å²) in [5.74, 6) is -0.710. The minimum absolute atomic E-state index is 0.00677. The van der Waals surface area contributed by atoms with Gasteiger partial charge in [-0.25, -0.2) is 0 Å². The normalized spacial score (nSPS) is 40.7. The fourth-order valence-electron chi connectivity index (χ4n) is 5.05. The molecule has 3 rings (SSSR count). The summed E-state index contributed by atoms with van der Waals surface area (Å²) in [4.78, 5) is 12.4. The molecule has 2 aliphatic heterocycles. The van der Waals surface area contributed by atoms with Gasteiger partial charge in [-0.2, -0.15) is 0 Å². The molecule has 3 aliphatic rings. The summed E-state index contributed by atoms with van der Waals surface area (Å²) in [7, 11) is 0. The van der Waals surface area contributed by atoms with Crippen LogP contribution in [0.1, 0.15) is 32.1 Å². The van der Waals surface area contributed by atoms with Gasteiger partial charge in [0.15, 0.2) is 12.6 Å². The van der Waals surface area contributed by atoms with Crippen LogP contribution >= 0.6 is 0 Å². The molecule has 12 atom stereocenters. The first-order valence-corrected chi connectivity index (χ1v) is 13.3. The molecule has 0 radical (unpaired) electrons. The lowest BCUT2D eigenvalue weighted by Gasteiger charge is -2.46. The highest BCUT2D eigenvalue weighted by Crippen LogP contribution is 2.32. The van der Waals surface area contributed by atoms with Crippen molar-refractivity contribution in [3.63, 3.8) is 0 Å². The van der Waals surface area contributed by atoms with Crippen LogP contribution < -0.4 is 27.8 Å². The van der Waals surface area contributed by atoms with Gasteiger partial charge in [-0.05, 0) is 32.2 Å². The van der Waals surface area contributed by atoms with Gasteiger partial charge in [0.2, 0.25) is 5.91 Å². The summed E-state index contributed by atoms with van der Waals surface area (Å²) in [6, 6.07) is -2.15. The SMILES string of the molecule is NCC[C@H](O)C(=O)N[C@@H]1C[C@H](N)[C@@H](O[C@H]2O[C@H](CNCCO)CC[C@H]2N)[C@H](O[C@@H]2O[C@H](CO)C[C@H]2O)[C@H]1O. The standard InChI is InChI=1S/C23H45N5O10/c24-4-3-16(31)21(34)28-15-8-14(26)19(20(18(15)33)38-23-17(32)7-12(10-30)36-23)37-22-13(25)2-1-11(35-22)9-27-5-6-29/h11-20,22-23,27,29-33H,1-10,24-26H2,(H,28,34)/t11-,12-,13+,14-,15+,16-,17+,18-,19+,20+,22+,23-/m0/s1.